The summed E-state index contributed by atoms with van der Waals surface area (Å²) in [5.74, 6) is -0.357. The molecule has 0 bridgehead atoms. The Morgan fingerprint density at radius 2 is 1.72 bits per heavy atom. The number of hydrogen-bond acceptors (Lipinski definition) is 4. The second kappa shape index (κ2) is 7.47. The van der Waals surface area contributed by atoms with E-state index in [1.807, 2.05) is 26.0 Å². The van der Waals surface area contributed by atoms with Crippen LogP contribution in [-0.2, 0) is 9.59 Å². The Morgan fingerprint density at radius 3 is 2.48 bits per heavy atom. The van der Waals surface area contributed by atoms with E-state index >= 15 is 0 Å². The summed E-state index contributed by atoms with van der Waals surface area (Å²) in [6.07, 6.45) is 2.47. The third-order valence-corrected chi connectivity index (χ3v) is 6.22. The van der Waals surface area contributed by atoms with Crippen LogP contribution in [0.4, 0.5) is 5.69 Å². The second-order valence-electron chi connectivity index (χ2n) is 8.33. The minimum atomic E-state index is -0.514. The normalized spacial score (nSPS) is 23.8. The maximum Gasteiger partial charge on any atom is 0.343 e. The molecule has 2 aromatic rings. The molecular weight excluding hydrogens is 366 g/mol. The summed E-state index contributed by atoms with van der Waals surface area (Å²) in [7, 11) is 0. The molecule has 1 aliphatic carbocycles. The summed E-state index contributed by atoms with van der Waals surface area (Å²) in [5.41, 5.74) is 2.91. The Morgan fingerprint density at radius 1 is 0.966 bits per heavy atom. The summed E-state index contributed by atoms with van der Waals surface area (Å²) in [6, 6.07) is 12.0. The smallest absolute Gasteiger partial charge is 0.343 e. The van der Waals surface area contributed by atoms with Gasteiger partial charge in [0.15, 0.2) is 0 Å². The second-order valence-corrected chi connectivity index (χ2v) is 8.33. The van der Waals surface area contributed by atoms with E-state index in [9.17, 15) is 14.4 Å². The molecule has 0 N–H and O–H groups in total. The number of rotatable bonds is 3. The molecule has 150 valence electrons. The first kappa shape index (κ1) is 19.4. The lowest BCUT2D eigenvalue weighted by Crippen LogP contribution is -2.31. The zero-order valence-electron chi connectivity index (χ0n) is 17.0. The molecule has 5 heteroatoms. The minimum absolute atomic E-state index is 0.147. The third-order valence-electron chi connectivity index (χ3n) is 6.22. The van der Waals surface area contributed by atoms with Crippen molar-refractivity contribution in [1.29, 1.82) is 0 Å². The van der Waals surface area contributed by atoms with Crippen LogP contribution >= 0.6 is 0 Å². The number of esters is 1. The monoisotopic (exact) mass is 391 g/mol. The zero-order chi connectivity index (χ0) is 20.7. The topological polar surface area (TPSA) is 63.7 Å². The van der Waals surface area contributed by atoms with Gasteiger partial charge in [0.2, 0.25) is 11.8 Å². The van der Waals surface area contributed by atoms with Gasteiger partial charge in [-0.1, -0.05) is 19.1 Å². The van der Waals surface area contributed by atoms with Gasteiger partial charge in [-0.25, -0.2) is 4.79 Å². The number of hydrogen-bond donors (Lipinski definition) is 0. The standard InChI is InChI=1S/C24H25NO4/c1-14-7-10-20-21(11-14)23(27)25(22(20)26)18-6-4-5-17(13-18)24(28)29-19-9-8-15(2)16(3)12-19/h4-6,8-9,12-14,20-21H,7,10-11H2,1-3H3/t14-,20-,21+/m1/s1. The van der Waals surface area contributed by atoms with Gasteiger partial charge in [0.05, 0.1) is 23.1 Å². The molecule has 0 unspecified atom stereocenters. The van der Waals surface area contributed by atoms with Crippen LogP contribution in [0.25, 0.3) is 0 Å². The predicted octanol–water partition coefficient (Wildman–Crippen LogP) is 4.45. The molecule has 1 heterocycles. The van der Waals surface area contributed by atoms with Crippen LogP contribution < -0.4 is 9.64 Å². The fraction of sp³-hybridized carbons (Fsp3) is 0.375. The summed E-state index contributed by atoms with van der Waals surface area (Å²) < 4.78 is 5.49. The van der Waals surface area contributed by atoms with Crippen molar-refractivity contribution in [3.05, 3.63) is 59.2 Å². The van der Waals surface area contributed by atoms with E-state index in [0.717, 1.165) is 30.4 Å². The SMILES string of the molecule is Cc1ccc(OC(=O)c2cccc(N3C(=O)[C@H]4C[C@H](C)CC[C@H]4C3=O)c2)cc1C. The van der Waals surface area contributed by atoms with Crippen molar-refractivity contribution >= 4 is 23.5 Å². The Balaban J connectivity index is 1.57. The van der Waals surface area contributed by atoms with Gasteiger partial charge in [0.1, 0.15) is 5.75 Å². The number of aryl methyl sites for hydroxylation is 2. The van der Waals surface area contributed by atoms with Crippen LogP contribution in [0.5, 0.6) is 5.75 Å². The third kappa shape index (κ3) is 3.57. The lowest BCUT2D eigenvalue weighted by Gasteiger charge is -2.25. The van der Waals surface area contributed by atoms with Gasteiger partial charge in [0.25, 0.3) is 0 Å². The maximum atomic E-state index is 12.9. The number of benzene rings is 2. The first-order valence-electron chi connectivity index (χ1n) is 10.1. The molecule has 2 amide bonds. The molecule has 1 saturated heterocycles. The van der Waals surface area contributed by atoms with Crippen molar-refractivity contribution in [3.8, 4) is 5.75 Å². The van der Waals surface area contributed by atoms with Crippen molar-refractivity contribution in [2.24, 2.45) is 17.8 Å². The highest BCUT2D eigenvalue weighted by molar-refractivity contribution is 6.22. The molecule has 29 heavy (non-hydrogen) atoms. The van der Waals surface area contributed by atoms with Gasteiger partial charge in [-0.2, -0.15) is 0 Å². The quantitative estimate of drug-likeness (QED) is 0.441. The van der Waals surface area contributed by atoms with Crippen molar-refractivity contribution in [2.75, 3.05) is 4.90 Å². The van der Waals surface area contributed by atoms with E-state index in [1.54, 1.807) is 30.3 Å². The Hall–Kier alpha value is -2.95. The number of ether oxygens (including phenoxy) is 1. The van der Waals surface area contributed by atoms with E-state index in [4.69, 9.17) is 4.74 Å². The number of fused-ring (bicyclic) bond motifs is 1. The molecular formula is C24H25NO4. The maximum absolute atomic E-state index is 12.9. The van der Waals surface area contributed by atoms with Crippen LogP contribution in [0.15, 0.2) is 42.5 Å². The van der Waals surface area contributed by atoms with E-state index < -0.39 is 5.97 Å². The summed E-state index contributed by atoms with van der Waals surface area (Å²) in [4.78, 5) is 39.7. The fourth-order valence-corrected chi connectivity index (χ4v) is 4.36. The van der Waals surface area contributed by atoms with Gasteiger partial charge in [-0.3, -0.25) is 14.5 Å². The van der Waals surface area contributed by atoms with Crippen molar-refractivity contribution < 1.29 is 19.1 Å². The largest absolute Gasteiger partial charge is 0.423 e. The highest BCUT2D eigenvalue weighted by atomic mass is 16.5. The first-order valence-corrected chi connectivity index (χ1v) is 10.1. The molecule has 2 fully saturated rings. The van der Waals surface area contributed by atoms with E-state index in [1.165, 1.54) is 4.90 Å². The predicted molar refractivity (Wildman–Crippen MR) is 110 cm³/mol. The van der Waals surface area contributed by atoms with Gasteiger partial charge in [-0.15, -0.1) is 0 Å². The zero-order valence-corrected chi connectivity index (χ0v) is 17.0. The molecule has 5 nitrogen and oxygen atoms in total. The molecule has 2 aromatic carbocycles. The highest BCUT2D eigenvalue weighted by Crippen LogP contribution is 2.42. The van der Waals surface area contributed by atoms with Gasteiger partial charge in [0, 0.05) is 0 Å². The first-order chi connectivity index (χ1) is 13.8. The summed E-state index contributed by atoms with van der Waals surface area (Å²) in [6.45, 7) is 6.07. The molecule has 3 atom stereocenters. The lowest BCUT2D eigenvalue weighted by molar-refractivity contribution is -0.122. The van der Waals surface area contributed by atoms with E-state index in [2.05, 4.69) is 6.92 Å². The van der Waals surface area contributed by atoms with Crippen molar-refractivity contribution in [3.63, 3.8) is 0 Å². The average molecular weight is 391 g/mol. The van der Waals surface area contributed by atoms with E-state index in [-0.39, 0.29) is 23.7 Å². The number of anilines is 1. The van der Waals surface area contributed by atoms with Crippen LogP contribution in [0.3, 0.4) is 0 Å². The number of carbonyl (C=O) groups is 3. The average Bonchev–Trinajstić information content (AvgIpc) is 2.94. The van der Waals surface area contributed by atoms with E-state index in [0.29, 0.717) is 22.9 Å². The molecule has 1 saturated carbocycles. The molecule has 4 rings (SSSR count). The number of nitrogens with zero attached hydrogens (tertiary/aromatic N) is 1. The Bertz CT molecular complexity index is 996. The molecule has 2 aliphatic rings. The molecule has 0 spiro atoms. The molecule has 1 aliphatic heterocycles. The summed E-state index contributed by atoms with van der Waals surface area (Å²) in [5, 5.41) is 0. The van der Waals surface area contributed by atoms with Crippen molar-refractivity contribution in [1.82, 2.24) is 0 Å². The fourth-order valence-electron chi connectivity index (χ4n) is 4.36. The molecule has 0 aromatic heterocycles. The summed E-state index contributed by atoms with van der Waals surface area (Å²) >= 11 is 0. The lowest BCUT2D eigenvalue weighted by atomic mass is 9.76. The van der Waals surface area contributed by atoms with Crippen LogP contribution in [0.2, 0.25) is 0 Å². The van der Waals surface area contributed by atoms with Gasteiger partial charge < -0.3 is 4.74 Å². The molecule has 0 radical (unpaired) electrons. The Labute approximate surface area is 170 Å². The Kier molecular flexibility index (Phi) is 4.99. The van der Waals surface area contributed by atoms with Gasteiger partial charge >= 0.3 is 5.97 Å². The van der Waals surface area contributed by atoms with Crippen LogP contribution in [0.1, 0.15) is 47.7 Å². The minimum Gasteiger partial charge on any atom is -0.423 e. The van der Waals surface area contributed by atoms with Crippen molar-refractivity contribution in [2.45, 2.75) is 40.0 Å². The number of carbonyl (C=O) groups excluding carboxylic acids is 3. The van der Waals surface area contributed by atoms with Crippen LogP contribution in [-0.4, -0.2) is 17.8 Å². The number of amides is 2. The highest BCUT2D eigenvalue weighted by Gasteiger charge is 2.50. The van der Waals surface area contributed by atoms with Gasteiger partial charge in [-0.05, 0) is 80.5 Å². The van der Waals surface area contributed by atoms with Crippen LogP contribution in [0, 0.1) is 31.6 Å². The number of imide groups is 1.